The van der Waals surface area contributed by atoms with Crippen molar-refractivity contribution in [3.8, 4) is 28.5 Å². The Hall–Kier alpha value is -2.56. The van der Waals surface area contributed by atoms with Crippen LogP contribution in [-0.2, 0) is 0 Å². The number of nitrogens with one attached hydrogen (secondary N) is 2. The van der Waals surface area contributed by atoms with E-state index in [1.54, 1.807) is 6.66 Å². The molecule has 2 aromatic carbocycles. The predicted molar refractivity (Wildman–Crippen MR) is 118 cm³/mol. The first-order chi connectivity index (χ1) is 14.0. The van der Waals surface area contributed by atoms with Crippen molar-refractivity contribution in [1.82, 2.24) is 10.2 Å². The number of aromatic nitrogens is 2. The van der Waals surface area contributed by atoms with Crippen molar-refractivity contribution in [3.63, 3.8) is 0 Å². The molecular formula is C22H27N2O4P. The highest BCUT2D eigenvalue weighted by Gasteiger charge is 2.12. The molecule has 1 aromatic heterocycles. The maximum Gasteiger partial charge on any atom is 0.264 e. The molecule has 2 unspecified atom stereocenters. The fourth-order valence-electron chi connectivity index (χ4n) is 3.07. The highest BCUT2D eigenvalue weighted by Crippen LogP contribution is 2.33. The second-order valence-electron chi connectivity index (χ2n) is 6.92. The van der Waals surface area contributed by atoms with Crippen molar-refractivity contribution < 1.29 is 14.4 Å². The fourth-order valence-corrected chi connectivity index (χ4v) is 3.65. The minimum Gasteiger partial charge on any atom is -0.490 e. The number of ether oxygens (including phenoxy) is 2. The Labute approximate surface area is 171 Å². The molecule has 0 bridgehead atoms. The summed E-state index contributed by atoms with van der Waals surface area (Å²) in [4.78, 5) is 21.3. The number of H-pyrrole nitrogens is 2. The Balaban J connectivity index is 1.91. The largest absolute Gasteiger partial charge is 0.490 e. The summed E-state index contributed by atoms with van der Waals surface area (Å²) in [5.74, 6) is 1.97. The van der Waals surface area contributed by atoms with Gasteiger partial charge < -0.3 is 14.4 Å². The molecule has 0 saturated carbocycles. The first kappa shape index (κ1) is 21.2. The topological polar surface area (TPSA) is 87.3 Å². The zero-order valence-electron chi connectivity index (χ0n) is 16.9. The molecular weight excluding hydrogens is 387 g/mol. The van der Waals surface area contributed by atoms with Crippen LogP contribution in [0, 0.1) is 0 Å². The van der Waals surface area contributed by atoms with E-state index in [0.29, 0.717) is 22.9 Å². The van der Waals surface area contributed by atoms with E-state index >= 15 is 0 Å². The van der Waals surface area contributed by atoms with Crippen LogP contribution in [0.25, 0.3) is 11.3 Å². The third kappa shape index (κ3) is 5.72. The molecule has 3 aromatic rings. The van der Waals surface area contributed by atoms with Crippen molar-refractivity contribution in [3.05, 3.63) is 58.9 Å². The molecule has 29 heavy (non-hydrogen) atoms. The van der Waals surface area contributed by atoms with E-state index < -0.39 is 8.15 Å². The van der Waals surface area contributed by atoms with Gasteiger partial charge in [-0.15, -0.1) is 0 Å². The van der Waals surface area contributed by atoms with Crippen LogP contribution >= 0.6 is 8.15 Å². The molecule has 3 rings (SSSR count). The maximum atomic E-state index is 11.6. The molecule has 0 amide bonds. The molecule has 0 fully saturated rings. The standard InChI is InChI=1S/C22H27N2O4P/c1-4-6-16(5-2)27-18-11-15(21-14-22(25)24-23-21)12-19(13-18)28-17-7-9-20(10-8-17)29(3)26/h7-14,16,26H,4-6H2,1-3H3,(H2,23,24,25). The minimum atomic E-state index is -1.13. The molecule has 0 aliphatic rings. The first-order valence-corrected chi connectivity index (χ1v) is 11.5. The van der Waals surface area contributed by atoms with Gasteiger partial charge in [-0.05, 0) is 55.9 Å². The van der Waals surface area contributed by atoms with Gasteiger partial charge in [-0.1, -0.05) is 20.3 Å². The van der Waals surface area contributed by atoms with Gasteiger partial charge in [-0.3, -0.25) is 15.0 Å². The lowest BCUT2D eigenvalue weighted by molar-refractivity contribution is 0.185. The lowest BCUT2D eigenvalue weighted by Crippen LogP contribution is -2.14. The highest BCUT2D eigenvalue weighted by molar-refractivity contribution is 7.59. The van der Waals surface area contributed by atoms with Gasteiger partial charge in [0, 0.05) is 23.0 Å². The Kier molecular flexibility index (Phi) is 7.13. The molecule has 0 aliphatic carbocycles. The van der Waals surface area contributed by atoms with E-state index in [0.717, 1.165) is 30.1 Å². The normalized spacial score (nSPS) is 13.1. The summed E-state index contributed by atoms with van der Waals surface area (Å²) >= 11 is 0. The molecule has 1 heterocycles. The Morgan fingerprint density at radius 3 is 2.31 bits per heavy atom. The van der Waals surface area contributed by atoms with E-state index in [9.17, 15) is 9.69 Å². The smallest absolute Gasteiger partial charge is 0.264 e. The number of hydrogen-bond acceptors (Lipinski definition) is 4. The summed E-state index contributed by atoms with van der Waals surface area (Å²) in [6.07, 6.45) is 3.06. The lowest BCUT2D eigenvalue weighted by Gasteiger charge is -2.18. The summed E-state index contributed by atoms with van der Waals surface area (Å²) in [5, 5.41) is 6.33. The zero-order valence-corrected chi connectivity index (χ0v) is 17.8. The van der Waals surface area contributed by atoms with Gasteiger partial charge in [-0.2, -0.15) is 0 Å². The van der Waals surface area contributed by atoms with Crippen molar-refractivity contribution in [2.24, 2.45) is 0 Å². The molecule has 2 atom stereocenters. The third-order valence-corrected chi connectivity index (χ3v) is 5.65. The fraction of sp³-hybridized carbons (Fsp3) is 0.318. The highest BCUT2D eigenvalue weighted by atomic mass is 31.1. The van der Waals surface area contributed by atoms with Gasteiger partial charge in [0.25, 0.3) is 5.56 Å². The van der Waals surface area contributed by atoms with Crippen LogP contribution in [0.3, 0.4) is 0 Å². The summed E-state index contributed by atoms with van der Waals surface area (Å²) < 4.78 is 12.2. The average Bonchev–Trinajstić information content (AvgIpc) is 3.14. The van der Waals surface area contributed by atoms with Gasteiger partial charge in [0.1, 0.15) is 17.2 Å². The van der Waals surface area contributed by atoms with E-state index in [1.807, 2.05) is 42.5 Å². The molecule has 154 valence electrons. The van der Waals surface area contributed by atoms with Gasteiger partial charge in [0.15, 0.2) is 0 Å². The Morgan fingerprint density at radius 2 is 1.72 bits per heavy atom. The molecule has 0 radical (unpaired) electrons. The van der Waals surface area contributed by atoms with Gasteiger partial charge in [0.05, 0.1) is 19.9 Å². The maximum absolute atomic E-state index is 11.6. The SMILES string of the molecule is CCCC(CC)Oc1cc(Oc2ccc(P(C)O)cc2)cc(-c2cc(=O)[nH][nH]2)c1. The van der Waals surface area contributed by atoms with Gasteiger partial charge >= 0.3 is 0 Å². The number of rotatable bonds is 9. The van der Waals surface area contributed by atoms with Crippen LogP contribution in [0.15, 0.2) is 53.3 Å². The first-order valence-electron chi connectivity index (χ1n) is 9.78. The van der Waals surface area contributed by atoms with Crippen LogP contribution in [0.5, 0.6) is 17.2 Å². The predicted octanol–water partition coefficient (Wildman–Crippen LogP) is 4.76. The van der Waals surface area contributed by atoms with Gasteiger partial charge in [0.2, 0.25) is 0 Å². The van der Waals surface area contributed by atoms with Crippen LogP contribution in [0.4, 0.5) is 0 Å². The van der Waals surface area contributed by atoms with Crippen molar-refractivity contribution in [2.45, 2.75) is 39.2 Å². The molecule has 6 nitrogen and oxygen atoms in total. The summed E-state index contributed by atoms with van der Waals surface area (Å²) in [7, 11) is -1.13. The van der Waals surface area contributed by atoms with Crippen LogP contribution in [-0.4, -0.2) is 27.9 Å². The number of aromatic amines is 2. The molecule has 3 N–H and O–H groups in total. The van der Waals surface area contributed by atoms with E-state index in [4.69, 9.17) is 9.47 Å². The van der Waals surface area contributed by atoms with Crippen molar-refractivity contribution >= 4 is 13.5 Å². The van der Waals surface area contributed by atoms with Crippen molar-refractivity contribution in [2.75, 3.05) is 6.66 Å². The molecule has 0 saturated heterocycles. The van der Waals surface area contributed by atoms with Gasteiger partial charge in [-0.25, -0.2) is 0 Å². The second kappa shape index (κ2) is 9.77. The van der Waals surface area contributed by atoms with E-state index in [-0.39, 0.29) is 11.7 Å². The van der Waals surface area contributed by atoms with E-state index in [2.05, 4.69) is 24.0 Å². The zero-order chi connectivity index (χ0) is 20.8. The third-order valence-electron chi connectivity index (χ3n) is 4.60. The Morgan fingerprint density at radius 1 is 1.00 bits per heavy atom. The quantitative estimate of drug-likeness (QED) is 0.441. The van der Waals surface area contributed by atoms with Crippen LogP contribution in [0.2, 0.25) is 0 Å². The summed E-state index contributed by atoms with van der Waals surface area (Å²) in [5.41, 5.74) is 1.27. The molecule has 0 spiro atoms. The second-order valence-corrected chi connectivity index (χ2v) is 8.49. The monoisotopic (exact) mass is 414 g/mol. The van der Waals surface area contributed by atoms with Crippen molar-refractivity contribution in [1.29, 1.82) is 0 Å². The number of hydrogen-bond donors (Lipinski definition) is 3. The minimum absolute atomic E-state index is 0.126. The summed E-state index contributed by atoms with van der Waals surface area (Å²) in [6.45, 7) is 6.03. The lowest BCUT2D eigenvalue weighted by atomic mass is 10.1. The molecule has 0 aliphatic heterocycles. The van der Waals surface area contributed by atoms with E-state index in [1.165, 1.54) is 6.07 Å². The van der Waals surface area contributed by atoms with Crippen LogP contribution in [0.1, 0.15) is 33.1 Å². The Bertz CT molecular complexity index is 979. The summed E-state index contributed by atoms with van der Waals surface area (Å²) in [6, 6.07) is 14.5. The number of benzene rings is 2. The molecule has 7 heteroatoms. The average molecular weight is 414 g/mol. The van der Waals surface area contributed by atoms with Crippen LogP contribution < -0.4 is 20.3 Å².